The number of rotatable bonds is 3. The number of allylic oxidation sites excluding steroid dienone is 7. The molecule has 22 heavy (non-hydrogen) atoms. The minimum Gasteiger partial charge on any atom is -0.423 e. The lowest BCUT2D eigenvalue weighted by Crippen LogP contribution is -2.14. The highest BCUT2D eigenvalue weighted by Crippen LogP contribution is 2.52. The summed E-state index contributed by atoms with van der Waals surface area (Å²) < 4.78 is 5.50. The van der Waals surface area contributed by atoms with Crippen molar-refractivity contribution in [2.45, 2.75) is 12.8 Å². The van der Waals surface area contributed by atoms with Crippen LogP contribution in [0.4, 0.5) is 0 Å². The van der Waals surface area contributed by atoms with E-state index in [1.165, 1.54) is 11.6 Å². The van der Waals surface area contributed by atoms with Gasteiger partial charge in [-0.1, -0.05) is 60.2 Å². The van der Waals surface area contributed by atoms with E-state index in [4.69, 9.17) is 4.74 Å². The fourth-order valence-corrected chi connectivity index (χ4v) is 3.32. The molecule has 0 N–H and O–H groups in total. The first kappa shape index (κ1) is 13.1. The van der Waals surface area contributed by atoms with Gasteiger partial charge in [0.05, 0.1) is 0 Å². The van der Waals surface area contributed by atoms with Crippen molar-refractivity contribution >= 4 is 12.0 Å². The number of ether oxygens (including phenoxy) is 1. The zero-order valence-electron chi connectivity index (χ0n) is 12.2. The van der Waals surface area contributed by atoms with Gasteiger partial charge in [-0.05, 0) is 36.1 Å². The maximum atomic E-state index is 12.0. The number of carbonyl (C=O) groups is 1. The molecule has 0 fully saturated rings. The predicted octanol–water partition coefficient (Wildman–Crippen LogP) is 4.34. The van der Waals surface area contributed by atoms with E-state index in [1.807, 2.05) is 36.4 Å². The van der Waals surface area contributed by atoms with E-state index in [9.17, 15) is 4.79 Å². The molecular formula is C20H16O2. The molecule has 1 unspecified atom stereocenters. The molecule has 0 aromatic heterocycles. The molecule has 0 amide bonds. The van der Waals surface area contributed by atoms with Crippen LogP contribution in [0.3, 0.4) is 0 Å². The predicted molar refractivity (Wildman–Crippen MR) is 86.6 cm³/mol. The van der Waals surface area contributed by atoms with Crippen molar-refractivity contribution in [3.8, 4) is 0 Å². The van der Waals surface area contributed by atoms with E-state index in [0.29, 0.717) is 5.76 Å². The highest BCUT2D eigenvalue weighted by Gasteiger charge is 2.40. The van der Waals surface area contributed by atoms with Gasteiger partial charge in [0.25, 0.3) is 0 Å². The van der Waals surface area contributed by atoms with E-state index >= 15 is 0 Å². The third kappa shape index (κ3) is 2.17. The molecule has 4 rings (SSSR count). The Labute approximate surface area is 129 Å². The molecule has 1 atom stereocenters. The minimum absolute atomic E-state index is 0.0745. The molecule has 2 nitrogen and oxygen atoms in total. The Morgan fingerprint density at radius 1 is 1.18 bits per heavy atom. The molecule has 3 aliphatic carbocycles. The highest BCUT2D eigenvalue weighted by atomic mass is 16.5. The molecule has 2 heteroatoms. The molecule has 1 spiro atoms. The van der Waals surface area contributed by atoms with Crippen molar-refractivity contribution in [3.05, 3.63) is 89.3 Å². The molecular weight excluding hydrogens is 272 g/mol. The van der Waals surface area contributed by atoms with Gasteiger partial charge in [-0.2, -0.15) is 0 Å². The summed E-state index contributed by atoms with van der Waals surface area (Å²) in [6, 6.07) is 9.73. The zero-order valence-corrected chi connectivity index (χ0v) is 12.2. The van der Waals surface area contributed by atoms with Crippen LogP contribution >= 0.6 is 0 Å². The van der Waals surface area contributed by atoms with E-state index in [0.717, 1.165) is 24.0 Å². The largest absolute Gasteiger partial charge is 0.423 e. The van der Waals surface area contributed by atoms with Crippen molar-refractivity contribution in [1.82, 2.24) is 0 Å². The summed E-state index contributed by atoms with van der Waals surface area (Å²) in [4.78, 5) is 12.0. The molecule has 0 saturated heterocycles. The third-order valence-electron chi connectivity index (χ3n) is 4.45. The summed E-state index contributed by atoms with van der Waals surface area (Å²) in [7, 11) is 0. The van der Waals surface area contributed by atoms with Crippen LogP contribution in [0.2, 0.25) is 0 Å². The van der Waals surface area contributed by atoms with E-state index < -0.39 is 0 Å². The molecule has 1 aromatic carbocycles. The number of esters is 1. The fraction of sp³-hybridized carbons (Fsp3) is 0.150. The topological polar surface area (TPSA) is 26.3 Å². The first-order valence-electron chi connectivity index (χ1n) is 7.51. The van der Waals surface area contributed by atoms with Crippen molar-refractivity contribution < 1.29 is 9.53 Å². The van der Waals surface area contributed by atoms with E-state index in [-0.39, 0.29) is 11.4 Å². The highest BCUT2D eigenvalue weighted by molar-refractivity contribution is 5.88. The molecule has 0 heterocycles. The maximum absolute atomic E-state index is 12.0. The maximum Gasteiger partial charge on any atom is 0.336 e. The van der Waals surface area contributed by atoms with Crippen molar-refractivity contribution in [1.29, 1.82) is 0 Å². The van der Waals surface area contributed by atoms with Gasteiger partial charge in [-0.15, -0.1) is 0 Å². The standard InChI is InChI=1S/C20H16O2/c21-19(9-8-15-5-2-1-3-6-15)22-18-10-12-20-11-4-7-17(20)13-16(18)14-20/h1-6,8-13H,7,14H2. The fourth-order valence-electron chi connectivity index (χ4n) is 3.32. The number of benzene rings is 1. The second-order valence-corrected chi connectivity index (χ2v) is 5.88. The zero-order chi connectivity index (χ0) is 15.0. The molecule has 108 valence electrons. The Hall–Kier alpha value is -2.61. The normalized spacial score (nSPS) is 24.8. The number of hydrogen-bond acceptors (Lipinski definition) is 2. The summed E-state index contributed by atoms with van der Waals surface area (Å²) in [5, 5.41) is 0. The van der Waals surface area contributed by atoms with Gasteiger partial charge in [0.2, 0.25) is 0 Å². The Balaban J connectivity index is 1.49. The van der Waals surface area contributed by atoms with Gasteiger partial charge in [0, 0.05) is 11.5 Å². The van der Waals surface area contributed by atoms with Gasteiger partial charge >= 0.3 is 5.97 Å². The number of fused-ring (bicyclic) bond motifs is 1. The Morgan fingerprint density at radius 3 is 2.91 bits per heavy atom. The Kier molecular flexibility index (Phi) is 2.97. The second kappa shape index (κ2) is 4.99. The van der Waals surface area contributed by atoms with Crippen LogP contribution in [0, 0.1) is 5.41 Å². The Morgan fingerprint density at radius 2 is 2.05 bits per heavy atom. The summed E-state index contributed by atoms with van der Waals surface area (Å²) in [6.07, 6.45) is 15.9. The van der Waals surface area contributed by atoms with Crippen molar-refractivity contribution in [3.63, 3.8) is 0 Å². The first-order valence-corrected chi connectivity index (χ1v) is 7.51. The lowest BCUT2D eigenvalue weighted by Gasteiger charge is -2.23. The second-order valence-electron chi connectivity index (χ2n) is 5.88. The third-order valence-corrected chi connectivity index (χ3v) is 4.45. The molecule has 3 aliphatic rings. The molecule has 0 radical (unpaired) electrons. The quantitative estimate of drug-likeness (QED) is 0.470. The smallest absolute Gasteiger partial charge is 0.336 e. The van der Waals surface area contributed by atoms with Crippen LogP contribution in [-0.4, -0.2) is 5.97 Å². The summed E-state index contributed by atoms with van der Waals surface area (Å²) in [6.45, 7) is 0. The lowest BCUT2D eigenvalue weighted by molar-refractivity contribution is -0.133. The summed E-state index contributed by atoms with van der Waals surface area (Å²) in [5.41, 5.74) is 3.59. The number of hydrogen-bond donors (Lipinski definition) is 0. The molecule has 0 saturated carbocycles. The average molecular weight is 288 g/mol. The van der Waals surface area contributed by atoms with Crippen LogP contribution in [0.1, 0.15) is 18.4 Å². The SMILES string of the molecule is O=C(C=Cc1ccccc1)OC1=C2C=C3CC=CC3(C=C1)C2. The number of carbonyl (C=O) groups excluding carboxylic acids is 1. The van der Waals surface area contributed by atoms with Gasteiger partial charge in [-0.3, -0.25) is 0 Å². The van der Waals surface area contributed by atoms with Crippen LogP contribution in [0.15, 0.2) is 83.7 Å². The van der Waals surface area contributed by atoms with Crippen LogP contribution in [0.25, 0.3) is 6.08 Å². The molecule has 1 aromatic rings. The average Bonchev–Trinajstić information content (AvgIpc) is 3.03. The van der Waals surface area contributed by atoms with E-state index in [2.05, 4.69) is 24.3 Å². The Bertz CT molecular complexity index is 775. The summed E-state index contributed by atoms with van der Waals surface area (Å²) in [5.74, 6) is 0.349. The van der Waals surface area contributed by atoms with Crippen LogP contribution < -0.4 is 0 Å². The van der Waals surface area contributed by atoms with Crippen LogP contribution in [0.5, 0.6) is 0 Å². The van der Waals surface area contributed by atoms with Crippen molar-refractivity contribution in [2.24, 2.45) is 5.41 Å². The van der Waals surface area contributed by atoms with Gasteiger partial charge in [0.15, 0.2) is 0 Å². The van der Waals surface area contributed by atoms with Crippen molar-refractivity contribution in [2.75, 3.05) is 0 Å². The molecule has 2 bridgehead atoms. The van der Waals surface area contributed by atoms with E-state index in [1.54, 1.807) is 6.08 Å². The van der Waals surface area contributed by atoms with Gasteiger partial charge in [0.1, 0.15) is 5.76 Å². The van der Waals surface area contributed by atoms with Gasteiger partial charge in [-0.25, -0.2) is 4.79 Å². The summed E-state index contributed by atoms with van der Waals surface area (Å²) >= 11 is 0. The van der Waals surface area contributed by atoms with Gasteiger partial charge < -0.3 is 4.74 Å². The monoisotopic (exact) mass is 288 g/mol. The molecule has 0 aliphatic heterocycles. The minimum atomic E-state index is -0.335. The van der Waals surface area contributed by atoms with Crippen LogP contribution in [-0.2, 0) is 9.53 Å². The first-order chi connectivity index (χ1) is 10.8. The lowest BCUT2D eigenvalue weighted by atomic mass is 9.81.